The van der Waals surface area contributed by atoms with Gasteiger partial charge in [-0.2, -0.15) is 15.3 Å². The molecule has 0 saturated carbocycles. The Kier molecular flexibility index (Phi) is 28.3. The third kappa shape index (κ3) is 21.0. The van der Waals surface area contributed by atoms with Gasteiger partial charge in [-0.1, -0.05) is 187 Å². The number of aliphatic hydroxyl groups excluding tert-OH is 2. The van der Waals surface area contributed by atoms with Crippen molar-refractivity contribution >= 4 is 122 Å². The molecule has 17 nitrogen and oxygen atoms in total. The van der Waals surface area contributed by atoms with Gasteiger partial charge in [0.25, 0.3) is 0 Å². The van der Waals surface area contributed by atoms with Crippen LogP contribution in [0.25, 0.3) is 91.4 Å². The van der Waals surface area contributed by atoms with E-state index in [9.17, 15) is 29.4 Å². The number of carboxylic acid groups (broad SMARTS) is 2. The number of carboxylic acids is 2. The molecule has 1 fully saturated rings. The standard InChI is InChI=1S/C30H32N2O3.C25H22N2O.C23H27BO3.C8H7BrN2.C4H9NO3.CH4/c1-20-8-9-22(14-15-30(3,19-33)29(34)35)16-24(20)11-10-23-6-5-7-27(21(23)2)25-12-13-26-18-32(4)31-28(26)17-25;1-17-7-8-19(16-28)13-21(17)10-9-20-5-4-6-24(18(20)2)22-11-12-23-15-27(3)26-25(23)14-22;1-16-10-11-18(15-25)14-20(16)13-12-19-8-7-9-21(17(19)2)24-26-22(3,4)23(5,6)27-24;1-11-5-6-2-3-7(9)4-8(6)10-11;1-4(5,2-6)3(7)8;/h5-13,16-18,33H,14-15,19H2,1-4H3,(H,34,35);4-16H,1-3H3;7-15H,1-6H3;2-5H,1H3;6H,2,5H2,1H3,(H,7,8);1H4/b11-10+;10-9+;13-12+;;;/t30-;;;;4-;/m0...0./s1. The molecule has 2 atom stereocenters. The summed E-state index contributed by atoms with van der Waals surface area (Å²) in [5.41, 5.74) is 26.5. The maximum absolute atomic E-state index is 11.5. The maximum Gasteiger partial charge on any atom is 0.495 e. The molecule has 0 aliphatic carbocycles. The molecular weight excluding hydrogens is 1440 g/mol. The lowest BCUT2D eigenvalue weighted by Gasteiger charge is -2.32. The Morgan fingerprint density at radius 2 is 0.891 bits per heavy atom. The zero-order valence-electron chi connectivity index (χ0n) is 64.7. The highest BCUT2D eigenvalue weighted by Gasteiger charge is 2.52. The van der Waals surface area contributed by atoms with Crippen molar-refractivity contribution in [1.82, 2.24) is 29.3 Å². The number of aliphatic hydroxyl groups is 2. The molecule has 12 aromatic rings. The van der Waals surface area contributed by atoms with Gasteiger partial charge in [-0.3, -0.25) is 33.2 Å². The second kappa shape index (κ2) is 36.6. The summed E-state index contributed by atoms with van der Waals surface area (Å²) in [6.07, 6.45) is 21.4. The van der Waals surface area contributed by atoms with Crippen LogP contribution in [0, 0.1) is 47.0 Å². The van der Waals surface area contributed by atoms with Gasteiger partial charge in [-0.05, 0) is 232 Å². The number of nitrogens with two attached hydrogens (primary N) is 1. The number of hydrogen-bond donors (Lipinski definition) is 5. The molecule has 4 heterocycles. The minimum absolute atomic E-state index is 0. The predicted molar refractivity (Wildman–Crippen MR) is 453 cm³/mol. The molecule has 3 aromatic heterocycles. The van der Waals surface area contributed by atoms with Crippen LogP contribution in [-0.4, -0.2) is 111 Å². The third-order valence-corrected chi connectivity index (χ3v) is 20.8. The number of aryl methyl sites for hydroxylation is 7. The van der Waals surface area contributed by atoms with Gasteiger partial charge in [0.15, 0.2) is 0 Å². The first-order valence-electron chi connectivity index (χ1n) is 36.0. The first kappa shape index (κ1) is 84.9. The number of hydrogen-bond acceptors (Lipinski definition) is 12. The summed E-state index contributed by atoms with van der Waals surface area (Å²) in [4.78, 5) is 43.6. The fourth-order valence-electron chi connectivity index (χ4n) is 12.2. The molecule has 570 valence electrons. The number of carbonyl (C=O) groups excluding carboxylic acids is 2. The zero-order valence-corrected chi connectivity index (χ0v) is 66.3. The largest absolute Gasteiger partial charge is 0.495 e. The molecule has 0 spiro atoms. The highest BCUT2D eigenvalue weighted by atomic mass is 79.9. The summed E-state index contributed by atoms with van der Waals surface area (Å²) >= 11 is 3.39. The van der Waals surface area contributed by atoms with E-state index in [2.05, 4.69) is 227 Å². The minimum Gasteiger partial charge on any atom is -0.481 e. The van der Waals surface area contributed by atoms with Gasteiger partial charge in [-0.15, -0.1) is 0 Å². The Hall–Kier alpha value is -10.8. The number of fused-ring (bicyclic) bond motifs is 3. The second-order valence-electron chi connectivity index (χ2n) is 29.4. The van der Waals surface area contributed by atoms with E-state index >= 15 is 0 Å². The maximum atomic E-state index is 11.5. The van der Waals surface area contributed by atoms with Crippen molar-refractivity contribution in [3.63, 3.8) is 0 Å². The van der Waals surface area contributed by atoms with Crippen LogP contribution >= 0.6 is 15.9 Å². The summed E-state index contributed by atoms with van der Waals surface area (Å²) in [6, 6.07) is 55.4. The van der Waals surface area contributed by atoms with Crippen LogP contribution in [0.3, 0.4) is 0 Å². The van der Waals surface area contributed by atoms with E-state index in [4.69, 9.17) is 25.3 Å². The number of halogens is 1. The van der Waals surface area contributed by atoms with E-state index in [-0.39, 0.29) is 32.4 Å². The SMILES string of the molecule is C.C[C@](N)(CO)C(=O)O.Cc1ccc(C=O)cc1/C=C/c1cccc(-c2ccc3cn(C)nc3c2)c1C.Cc1ccc(C=O)cc1/C=C/c1cccc(B2OC(C)(C)C(C)(C)O2)c1C.Cc1ccc(CC[C@@](C)(CO)C(=O)O)cc1/C=C/c1cccc(-c2ccc3cn(C)nc3c2)c1C.Cn1cc2ccc(Br)cc2n1. The van der Waals surface area contributed by atoms with Crippen LogP contribution in [0.2, 0.25) is 0 Å². The molecule has 13 rings (SSSR count). The number of aromatic nitrogens is 6. The molecular formula is C91H101BBrN7O10. The smallest absolute Gasteiger partial charge is 0.481 e. The number of aldehydes is 2. The summed E-state index contributed by atoms with van der Waals surface area (Å²) in [5, 5.41) is 52.2. The van der Waals surface area contributed by atoms with Crippen molar-refractivity contribution < 1.29 is 48.9 Å². The molecule has 9 aromatic carbocycles. The van der Waals surface area contributed by atoms with Gasteiger partial charge in [-0.25, -0.2) is 0 Å². The van der Waals surface area contributed by atoms with Gasteiger partial charge in [0.1, 0.15) is 18.1 Å². The zero-order chi connectivity index (χ0) is 79.3. The number of benzene rings is 9. The topological polar surface area (TPSA) is 247 Å². The van der Waals surface area contributed by atoms with Crippen molar-refractivity contribution in [2.24, 2.45) is 32.3 Å². The Morgan fingerprint density at radius 3 is 1.29 bits per heavy atom. The Morgan fingerprint density at radius 1 is 0.500 bits per heavy atom. The molecule has 0 amide bonds. The fourth-order valence-corrected chi connectivity index (χ4v) is 12.6. The average Bonchev–Trinajstić information content (AvgIpc) is 1.61. The molecule has 19 heteroatoms. The van der Waals surface area contributed by atoms with E-state index in [1.165, 1.54) is 34.6 Å². The fraction of sp³-hybridized carbons (Fsp3) is 0.264. The predicted octanol–water partition coefficient (Wildman–Crippen LogP) is 18.2. The van der Waals surface area contributed by atoms with Gasteiger partial charge in [0.05, 0.1) is 46.4 Å². The third-order valence-electron chi connectivity index (χ3n) is 20.3. The molecule has 0 unspecified atom stereocenters. The Balaban J connectivity index is 0.000000185. The molecule has 0 radical (unpaired) electrons. The van der Waals surface area contributed by atoms with E-state index in [0.29, 0.717) is 24.0 Å². The normalized spacial score (nSPS) is 14.0. The first-order valence-corrected chi connectivity index (χ1v) is 36.8. The molecule has 110 heavy (non-hydrogen) atoms. The lowest BCUT2D eigenvalue weighted by Crippen LogP contribution is -2.48. The minimum atomic E-state index is -1.49. The van der Waals surface area contributed by atoms with Crippen molar-refractivity contribution in [3.8, 4) is 22.3 Å². The number of rotatable bonds is 18. The number of aliphatic carboxylic acids is 2. The summed E-state index contributed by atoms with van der Waals surface area (Å²) < 4.78 is 19.0. The van der Waals surface area contributed by atoms with Gasteiger partial charge in [0.2, 0.25) is 0 Å². The second-order valence-corrected chi connectivity index (χ2v) is 30.3. The monoisotopic (exact) mass is 1540 g/mol. The van der Waals surface area contributed by atoms with E-state index in [1.807, 2.05) is 127 Å². The van der Waals surface area contributed by atoms with Crippen molar-refractivity contribution in [2.75, 3.05) is 13.2 Å². The first-order chi connectivity index (χ1) is 51.6. The molecule has 1 aliphatic heterocycles. The van der Waals surface area contributed by atoms with Crippen LogP contribution in [0.1, 0.15) is 148 Å². The van der Waals surface area contributed by atoms with Crippen LogP contribution in [0.4, 0.5) is 0 Å². The Bertz CT molecular complexity index is 5400. The average molecular weight is 1540 g/mol. The van der Waals surface area contributed by atoms with Gasteiger partial charge >= 0.3 is 19.1 Å². The summed E-state index contributed by atoms with van der Waals surface area (Å²) in [7, 11) is 5.43. The van der Waals surface area contributed by atoms with E-state index in [0.717, 1.165) is 122 Å². The molecule has 6 N–H and O–H groups in total. The van der Waals surface area contributed by atoms with Crippen LogP contribution in [0.15, 0.2) is 187 Å². The van der Waals surface area contributed by atoms with Crippen molar-refractivity contribution in [1.29, 1.82) is 0 Å². The lowest BCUT2D eigenvalue weighted by molar-refractivity contribution is -0.150. The highest BCUT2D eigenvalue weighted by Crippen LogP contribution is 2.38. The number of carbonyl (C=O) groups is 4. The van der Waals surface area contributed by atoms with Crippen LogP contribution in [0.5, 0.6) is 0 Å². The van der Waals surface area contributed by atoms with Crippen LogP contribution in [-0.2, 0) is 46.5 Å². The summed E-state index contributed by atoms with van der Waals surface area (Å²) in [5.74, 6) is -2.16. The van der Waals surface area contributed by atoms with Crippen molar-refractivity contribution in [2.45, 2.75) is 120 Å². The van der Waals surface area contributed by atoms with E-state index < -0.39 is 29.5 Å². The number of nitrogens with zero attached hydrogens (tertiary/aromatic N) is 6. The molecule has 1 aliphatic rings. The summed E-state index contributed by atoms with van der Waals surface area (Å²) in [6.45, 7) is 22.7. The van der Waals surface area contributed by atoms with Gasteiger partial charge in [0, 0.05) is 71.5 Å². The molecule has 0 bridgehead atoms. The van der Waals surface area contributed by atoms with Crippen molar-refractivity contribution in [3.05, 3.63) is 270 Å². The quantitative estimate of drug-likeness (QED) is 0.0305. The Labute approximate surface area is 654 Å². The lowest BCUT2D eigenvalue weighted by atomic mass is 9.75. The van der Waals surface area contributed by atoms with E-state index in [1.54, 1.807) is 6.92 Å². The van der Waals surface area contributed by atoms with Gasteiger partial charge < -0.3 is 35.5 Å². The molecule has 1 saturated heterocycles. The van der Waals surface area contributed by atoms with Crippen LogP contribution < -0.4 is 11.2 Å². The highest BCUT2D eigenvalue weighted by molar-refractivity contribution is 9.10.